The minimum atomic E-state index is -0.272. The van der Waals surface area contributed by atoms with Gasteiger partial charge in [0.05, 0.1) is 34.8 Å². The number of amides is 1. The number of carbonyl (C=O) groups is 1. The van der Waals surface area contributed by atoms with Gasteiger partial charge in [-0.2, -0.15) is 5.26 Å². The topological polar surface area (TPSA) is 99.5 Å². The lowest BCUT2D eigenvalue weighted by Gasteiger charge is -2.24. The highest BCUT2D eigenvalue weighted by Crippen LogP contribution is 2.39. The molecule has 0 atom stereocenters. The summed E-state index contributed by atoms with van der Waals surface area (Å²) in [6.45, 7) is 6.40. The molecular weight excluding hydrogens is 526 g/mol. The molecule has 1 fully saturated rings. The summed E-state index contributed by atoms with van der Waals surface area (Å²) in [5.41, 5.74) is 4.77. The van der Waals surface area contributed by atoms with Crippen LogP contribution in [0.15, 0.2) is 42.5 Å². The SMILES string of the molecule is CCOc1cc2nc(CC)c(C#N)c(Nc3ccc(C4CCOCC4)c(Cl)c3)c2cc1NC(=O)/C=C/CN(C)C. The van der Waals surface area contributed by atoms with Gasteiger partial charge in [-0.15, -0.1) is 0 Å². The largest absolute Gasteiger partial charge is 0.492 e. The normalized spacial score (nSPS) is 14.0. The number of nitrogens with one attached hydrogen (secondary N) is 2. The molecule has 1 aromatic heterocycles. The first-order chi connectivity index (χ1) is 19.3. The van der Waals surface area contributed by atoms with Gasteiger partial charge in [-0.25, -0.2) is 0 Å². The van der Waals surface area contributed by atoms with Crippen molar-refractivity contribution in [2.24, 2.45) is 0 Å². The van der Waals surface area contributed by atoms with Crippen molar-refractivity contribution >= 4 is 45.5 Å². The number of halogens is 1. The molecule has 1 aliphatic heterocycles. The van der Waals surface area contributed by atoms with E-state index in [-0.39, 0.29) is 5.91 Å². The highest BCUT2D eigenvalue weighted by Gasteiger charge is 2.21. The maximum atomic E-state index is 12.7. The van der Waals surface area contributed by atoms with Crippen molar-refractivity contribution in [3.63, 3.8) is 0 Å². The zero-order chi connectivity index (χ0) is 28.6. The number of hydrogen-bond acceptors (Lipinski definition) is 7. The number of pyridine rings is 1. The monoisotopic (exact) mass is 561 g/mol. The van der Waals surface area contributed by atoms with Gasteiger partial charge in [0, 0.05) is 48.0 Å². The van der Waals surface area contributed by atoms with Gasteiger partial charge in [0.1, 0.15) is 11.8 Å². The van der Waals surface area contributed by atoms with E-state index in [1.807, 2.05) is 57.1 Å². The Morgan fingerprint density at radius 1 is 1.25 bits per heavy atom. The summed E-state index contributed by atoms with van der Waals surface area (Å²) in [7, 11) is 3.87. The first kappa shape index (κ1) is 29.3. The van der Waals surface area contributed by atoms with Gasteiger partial charge >= 0.3 is 0 Å². The zero-order valence-corrected chi connectivity index (χ0v) is 24.3. The summed E-state index contributed by atoms with van der Waals surface area (Å²) in [4.78, 5) is 19.5. The van der Waals surface area contributed by atoms with E-state index in [2.05, 4.69) is 22.8 Å². The standard InChI is InChI=1S/C31H36ClN5O3/c1-5-26-24(19-33)31(34-21-9-10-22(25(32)16-21)20-11-14-39-15-12-20)23-17-28(29(40-6-2)18-27(23)35-26)36-30(38)8-7-13-37(3)4/h7-10,16-18,20H,5-6,11-15H2,1-4H3,(H,34,35)(H,36,38)/b8-7+. The number of ether oxygens (including phenoxy) is 2. The smallest absolute Gasteiger partial charge is 0.248 e. The van der Waals surface area contributed by atoms with Crippen LogP contribution >= 0.6 is 11.6 Å². The van der Waals surface area contributed by atoms with E-state index in [1.165, 1.54) is 6.08 Å². The second-order valence-electron chi connectivity index (χ2n) is 9.97. The maximum absolute atomic E-state index is 12.7. The molecule has 0 saturated carbocycles. The fraction of sp³-hybridized carbons (Fsp3) is 0.387. The number of aryl methyl sites for hydroxylation is 1. The number of fused-ring (bicyclic) bond motifs is 1. The molecule has 0 spiro atoms. The first-order valence-electron chi connectivity index (χ1n) is 13.6. The number of hydrogen-bond donors (Lipinski definition) is 2. The summed E-state index contributed by atoms with van der Waals surface area (Å²) < 4.78 is 11.4. The molecule has 0 radical (unpaired) electrons. The fourth-order valence-corrected chi connectivity index (χ4v) is 5.19. The number of aromatic nitrogens is 1. The Labute approximate surface area is 240 Å². The van der Waals surface area contributed by atoms with E-state index in [4.69, 9.17) is 26.1 Å². The number of nitrogens with zero attached hydrogens (tertiary/aromatic N) is 3. The van der Waals surface area contributed by atoms with Crippen molar-refractivity contribution in [3.05, 3.63) is 64.3 Å². The zero-order valence-electron chi connectivity index (χ0n) is 23.5. The lowest BCUT2D eigenvalue weighted by Crippen LogP contribution is -2.14. The number of anilines is 3. The molecule has 9 heteroatoms. The van der Waals surface area contributed by atoms with Crippen LogP contribution < -0.4 is 15.4 Å². The van der Waals surface area contributed by atoms with E-state index >= 15 is 0 Å². The Kier molecular flexibility index (Phi) is 9.99. The van der Waals surface area contributed by atoms with E-state index in [0.29, 0.717) is 69.8 Å². The molecule has 2 heterocycles. The third kappa shape index (κ3) is 6.92. The lowest BCUT2D eigenvalue weighted by atomic mass is 9.91. The van der Waals surface area contributed by atoms with Crippen LogP contribution in [-0.2, 0) is 16.0 Å². The summed E-state index contributed by atoms with van der Waals surface area (Å²) in [6.07, 6.45) is 5.76. The summed E-state index contributed by atoms with van der Waals surface area (Å²) in [5, 5.41) is 17.9. The van der Waals surface area contributed by atoms with Crippen molar-refractivity contribution in [3.8, 4) is 11.8 Å². The van der Waals surface area contributed by atoms with E-state index in [1.54, 1.807) is 6.08 Å². The second kappa shape index (κ2) is 13.6. The van der Waals surface area contributed by atoms with Gasteiger partial charge in [-0.3, -0.25) is 9.78 Å². The Balaban J connectivity index is 1.77. The van der Waals surface area contributed by atoms with Crippen molar-refractivity contribution < 1.29 is 14.3 Å². The van der Waals surface area contributed by atoms with Crippen LogP contribution in [0.1, 0.15) is 49.4 Å². The van der Waals surface area contributed by atoms with Crippen molar-refractivity contribution in [1.82, 2.24) is 9.88 Å². The Morgan fingerprint density at radius 3 is 2.67 bits per heavy atom. The van der Waals surface area contributed by atoms with Crippen LogP contribution in [0.4, 0.5) is 17.1 Å². The molecule has 1 saturated heterocycles. The fourth-order valence-electron chi connectivity index (χ4n) is 4.85. The van der Waals surface area contributed by atoms with Crippen LogP contribution in [0.2, 0.25) is 5.02 Å². The van der Waals surface area contributed by atoms with Gasteiger partial charge in [-0.05, 0) is 70.0 Å². The highest BCUT2D eigenvalue weighted by molar-refractivity contribution is 6.31. The second-order valence-corrected chi connectivity index (χ2v) is 10.4. The quantitative estimate of drug-likeness (QED) is 0.276. The number of benzene rings is 2. The molecule has 4 rings (SSSR count). The molecule has 40 heavy (non-hydrogen) atoms. The Morgan fingerprint density at radius 2 is 2.02 bits per heavy atom. The molecule has 0 unspecified atom stereocenters. The van der Waals surface area contributed by atoms with Gasteiger partial charge in [-0.1, -0.05) is 30.7 Å². The van der Waals surface area contributed by atoms with Crippen molar-refractivity contribution in [2.45, 2.75) is 39.0 Å². The van der Waals surface area contributed by atoms with E-state index in [0.717, 1.165) is 37.3 Å². The van der Waals surface area contributed by atoms with Gasteiger partial charge < -0.3 is 25.0 Å². The highest BCUT2D eigenvalue weighted by atomic mass is 35.5. The average molecular weight is 562 g/mol. The third-order valence-corrected chi connectivity index (χ3v) is 7.16. The van der Waals surface area contributed by atoms with E-state index in [9.17, 15) is 10.1 Å². The molecular formula is C31H36ClN5O3. The maximum Gasteiger partial charge on any atom is 0.248 e. The van der Waals surface area contributed by atoms with Gasteiger partial charge in [0.15, 0.2) is 0 Å². The molecule has 1 amide bonds. The summed E-state index contributed by atoms with van der Waals surface area (Å²) in [5.74, 6) is 0.609. The first-order valence-corrected chi connectivity index (χ1v) is 14.0. The minimum absolute atomic E-state index is 0.272. The van der Waals surface area contributed by atoms with Crippen molar-refractivity contribution in [1.29, 1.82) is 5.26 Å². The molecule has 8 nitrogen and oxygen atoms in total. The average Bonchev–Trinajstić information content (AvgIpc) is 2.94. The van der Waals surface area contributed by atoms with Crippen LogP contribution in [0.25, 0.3) is 10.9 Å². The minimum Gasteiger partial charge on any atom is -0.492 e. The predicted octanol–water partition coefficient (Wildman–Crippen LogP) is 6.41. The molecule has 2 N–H and O–H groups in total. The van der Waals surface area contributed by atoms with Crippen LogP contribution in [0.5, 0.6) is 5.75 Å². The van der Waals surface area contributed by atoms with Gasteiger partial charge in [0.2, 0.25) is 5.91 Å². The number of nitriles is 1. The predicted molar refractivity (Wildman–Crippen MR) is 161 cm³/mol. The molecule has 210 valence electrons. The third-order valence-electron chi connectivity index (χ3n) is 6.84. The molecule has 3 aromatic rings. The summed E-state index contributed by atoms with van der Waals surface area (Å²) >= 11 is 6.75. The molecule has 0 bridgehead atoms. The summed E-state index contributed by atoms with van der Waals surface area (Å²) in [6, 6.07) is 11.9. The Bertz CT molecular complexity index is 1440. The van der Waals surface area contributed by atoms with Crippen LogP contribution in [0.3, 0.4) is 0 Å². The molecule has 0 aliphatic carbocycles. The molecule has 2 aromatic carbocycles. The molecule has 1 aliphatic rings. The number of carbonyl (C=O) groups excluding carboxylic acids is 1. The lowest BCUT2D eigenvalue weighted by molar-refractivity contribution is -0.111. The van der Waals surface area contributed by atoms with Gasteiger partial charge in [0.25, 0.3) is 0 Å². The number of rotatable bonds is 10. The van der Waals surface area contributed by atoms with Crippen LogP contribution in [0, 0.1) is 11.3 Å². The van der Waals surface area contributed by atoms with Crippen molar-refractivity contribution in [2.75, 3.05) is 51.1 Å². The van der Waals surface area contributed by atoms with Crippen LogP contribution in [-0.4, -0.2) is 56.3 Å². The van der Waals surface area contributed by atoms with E-state index < -0.39 is 0 Å². The number of likely N-dealkylation sites (N-methyl/N-ethyl adjacent to an activating group) is 1. The Hall–Kier alpha value is -3.64.